The van der Waals surface area contributed by atoms with Crippen LogP contribution in [0.25, 0.3) is 6.08 Å². The van der Waals surface area contributed by atoms with Crippen molar-refractivity contribution in [2.45, 2.75) is 85.6 Å². The van der Waals surface area contributed by atoms with Gasteiger partial charge in [0, 0.05) is 31.7 Å². The molecule has 190 valence electrons. The number of anilines is 1. The molecule has 1 amide bonds. The van der Waals surface area contributed by atoms with Gasteiger partial charge in [-0.05, 0) is 50.7 Å². The van der Waals surface area contributed by atoms with Gasteiger partial charge in [0.25, 0.3) is 11.5 Å². The first-order valence-corrected chi connectivity index (χ1v) is 14.2. The third-order valence-corrected chi connectivity index (χ3v) is 8.38. The molecule has 8 heteroatoms. The number of rotatable bonds is 10. The summed E-state index contributed by atoms with van der Waals surface area (Å²) in [4.78, 5) is 31.0. The maximum Gasteiger partial charge on any atom is 0.270 e. The van der Waals surface area contributed by atoms with Gasteiger partial charge < -0.3 is 4.90 Å². The Hall–Kier alpha value is -2.11. The maximum atomic E-state index is 13.3. The zero-order chi connectivity index (χ0) is 25.5. The molecule has 1 unspecified atom stereocenters. The lowest BCUT2D eigenvalue weighted by molar-refractivity contribution is -0.122. The summed E-state index contributed by atoms with van der Waals surface area (Å²) in [6, 6.07) is 2.11. The van der Waals surface area contributed by atoms with Crippen molar-refractivity contribution in [2.75, 3.05) is 24.5 Å². The Balaban J connectivity index is 1.96. The van der Waals surface area contributed by atoms with Gasteiger partial charge in [0.15, 0.2) is 0 Å². The Kier molecular flexibility index (Phi) is 9.99. The molecule has 1 atom stereocenters. The van der Waals surface area contributed by atoms with Gasteiger partial charge in [-0.15, -0.1) is 0 Å². The van der Waals surface area contributed by atoms with Crippen LogP contribution >= 0.6 is 24.0 Å². The van der Waals surface area contributed by atoms with Crippen LogP contribution in [0.1, 0.15) is 88.8 Å². The molecule has 0 bridgehead atoms. The van der Waals surface area contributed by atoms with Gasteiger partial charge in [-0.3, -0.25) is 19.1 Å². The van der Waals surface area contributed by atoms with Crippen molar-refractivity contribution in [3.8, 4) is 6.07 Å². The van der Waals surface area contributed by atoms with Gasteiger partial charge in [0.05, 0.1) is 4.91 Å². The van der Waals surface area contributed by atoms with Crippen LogP contribution in [0.3, 0.4) is 0 Å². The second-order valence-corrected chi connectivity index (χ2v) is 11.4. The number of carbonyl (C=O) groups excluding carboxylic acids is 1. The summed E-state index contributed by atoms with van der Waals surface area (Å²) in [5.41, 5.74) is 1.32. The lowest BCUT2D eigenvalue weighted by Gasteiger charge is -2.35. The number of hydrogen-bond donors (Lipinski definition) is 0. The number of carbonyl (C=O) groups is 1. The molecule has 35 heavy (non-hydrogen) atoms. The second-order valence-electron chi connectivity index (χ2n) is 9.69. The zero-order valence-corrected chi connectivity index (χ0v) is 23.2. The van der Waals surface area contributed by atoms with Crippen LogP contribution in [0.15, 0.2) is 9.70 Å². The lowest BCUT2D eigenvalue weighted by atomic mass is 9.98. The highest BCUT2D eigenvalue weighted by molar-refractivity contribution is 8.26. The van der Waals surface area contributed by atoms with E-state index in [9.17, 15) is 14.9 Å². The molecule has 0 aliphatic carbocycles. The van der Waals surface area contributed by atoms with Crippen LogP contribution in [0.4, 0.5) is 5.82 Å². The molecule has 2 fully saturated rings. The SMILES string of the molecule is CCCCCCCCN1C(=O)C(=Cc2c(C)c(C#N)c(=O)n(CC)c2N2CCCC(C)C2)SC1=S. The summed E-state index contributed by atoms with van der Waals surface area (Å²) >= 11 is 6.89. The fraction of sp³-hybridized carbons (Fsp3) is 0.630. The van der Waals surface area contributed by atoms with E-state index in [1.165, 1.54) is 37.4 Å². The number of unbranched alkanes of at least 4 members (excludes halogenated alkanes) is 5. The van der Waals surface area contributed by atoms with E-state index >= 15 is 0 Å². The molecule has 3 rings (SSSR count). The van der Waals surface area contributed by atoms with Crippen molar-refractivity contribution in [3.05, 3.63) is 31.9 Å². The molecule has 0 aromatic carbocycles. The van der Waals surface area contributed by atoms with Gasteiger partial charge in [-0.2, -0.15) is 5.26 Å². The number of amides is 1. The topological polar surface area (TPSA) is 69.3 Å². The standard InChI is InChI=1S/C27H38N4O2S2/c1-5-7-8-9-10-11-15-31-26(33)23(35-27(31)34)16-21-20(4)22(17-28)25(32)30(6-2)24(21)29-14-12-13-19(3)18-29/h16,19H,5-15,18H2,1-4H3. The highest BCUT2D eigenvalue weighted by Gasteiger charge is 2.33. The summed E-state index contributed by atoms with van der Waals surface area (Å²) in [7, 11) is 0. The Bertz CT molecular complexity index is 1090. The molecule has 6 nitrogen and oxygen atoms in total. The van der Waals surface area contributed by atoms with Crippen molar-refractivity contribution >= 4 is 46.1 Å². The van der Waals surface area contributed by atoms with Crippen molar-refractivity contribution in [1.82, 2.24) is 9.47 Å². The van der Waals surface area contributed by atoms with Crippen LogP contribution in [0.2, 0.25) is 0 Å². The fourth-order valence-electron chi connectivity index (χ4n) is 5.03. The van der Waals surface area contributed by atoms with Crippen LogP contribution in [0, 0.1) is 24.2 Å². The average molecular weight is 515 g/mol. The van der Waals surface area contributed by atoms with E-state index in [1.807, 2.05) is 19.9 Å². The first-order chi connectivity index (χ1) is 16.8. The van der Waals surface area contributed by atoms with E-state index in [0.717, 1.165) is 50.2 Å². The van der Waals surface area contributed by atoms with E-state index in [2.05, 4.69) is 24.8 Å². The van der Waals surface area contributed by atoms with Gasteiger partial charge in [-0.25, -0.2) is 0 Å². The second kappa shape index (κ2) is 12.7. The van der Waals surface area contributed by atoms with Crippen LogP contribution in [-0.2, 0) is 11.3 Å². The molecule has 2 saturated heterocycles. The van der Waals surface area contributed by atoms with Crippen molar-refractivity contribution in [3.63, 3.8) is 0 Å². The first-order valence-electron chi connectivity index (χ1n) is 13.0. The molecule has 0 radical (unpaired) electrons. The minimum atomic E-state index is -0.256. The average Bonchev–Trinajstić information content (AvgIpc) is 3.10. The predicted molar refractivity (Wildman–Crippen MR) is 150 cm³/mol. The molecule has 1 aromatic heterocycles. The smallest absolute Gasteiger partial charge is 0.270 e. The van der Waals surface area contributed by atoms with E-state index in [4.69, 9.17) is 12.2 Å². The number of nitrogens with zero attached hydrogens (tertiary/aromatic N) is 4. The van der Waals surface area contributed by atoms with Crippen molar-refractivity contribution in [2.24, 2.45) is 5.92 Å². The van der Waals surface area contributed by atoms with Gasteiger partial charge >= 0.3 is 0 Å². The summed E-state index contributed by atoms with van der Waals surface area (Å²) in [5, 5.41) is 9.76. The molecule has 0 saturated carbocycles. The van der Waals surface area contributed by atoms with Gasteiger partial charge in [0.2, 0.25) is 0 Å². The number of piperidine rings is 1. The molecule has 2 aliphatic heterocycles. The number of aromatic nitrogens is 1. The van der Waals surface area contributed by atoms with E-state index in [1.54, 1.807) is 9.47 Å². The number of hydrogen-bond acceptors (Lipinski definition) is 6. The van der Waals surface area contributed by atoms with E-state index in [0.29, 0.717) is 33.8 Å². The van der Waals surface area contributed by atoms with E-state index < -0.39 is 0 Å². The largest absolute Gasteiger partial charge is 0.357 e. The number of thiocarbonyl (C=S) groups is 1. The summed E-state index contributed by atoms with van der Waals surface area (Å²) < 4.78 is 2.29. The number of thioether (sulfide) groups is 1. The molecule has 3 heterocycles. The van der Waals surface area contributed by atoms with Gasteiger partial charge in [0.1, 0.15) is 21.8 Å². The normalized spacial score (nSPS) is 19.6. The number of nitriles is 1. The minimum Gasteiger partial charge on any atom is -0.357 e. The Labute approximate surface area is 219 Å². The predicted octanol–water partition coefficient (Wildman–Crippen LogP) is 5.85. The molecule has 2 aliphatic rings. The summed E-state index contributed by atoms with van der Waals surface area (Å²) in [6.07, 6.45) is 11.0. The zero-order valence-electron chi connectivity index (χ0n) is 21.6. The third kappa shape index (κ3) is 6.18. The summed E-state index contributed by atoms with van der Waals surface area (Å²) in [6.45, 7) is 11.0. The quantitative estimate of drug-likeness (QED) is 0.222. The molecular weight excluding hydrogens is 476 g/mol. The molecular formula is C27H38N4O2S2. The monoisotopic (exact) mass is 514 g/mol. The fourth-order valence-corrected chi connectivity index (χ4v) is 6.32. The third-order valence-electron chi connectivity index (χ3n) is 7.00. The minimum absolute atomic E-state index is 0.0707. The molecule has 0 N–H and O–H groups in total. The Morgan fingerprint density at radius 2 is 1.89 bits per heavy atom. The lowest BCUT2D eigenvalue weighted by Crippen LogP contribution is -2.40. The summed E-state index contributed by atoms with van der Waals surface area (Å²) in [5.74, 6) is 1.27. The molecule has 0 spiro atoms. The van der Waals surface area contributed by atoms with Gasteiger partial charge in [-0.1, -0.05) is 69.9 Å². The van der Waals surface area contributed by atoms with Crippen LogP contribution < -0.4 is 10.5 Å². The van der Waals surface area contributed by atoms with Crippen LogP contribution in [0.5, 0.6) is 0 Å². The van der Waals surface area contributed by atoms with Crippen molar-refractivity contribution < 1.29 is 4.79 Å². The number of pyridine rings is 1. The Morgan fingerprint density at radius 1 is 1.17 bits per heavy atom. The highest BCUT2D eigenvalue weighted by Crippen LogP contribution is 2.37. The molecule has 1 aromatic rings. The first kappa shape index (κ1) is 27.5. The highest BCUT2D eigenvalue weighted by atomic mass is 32.2. The van der Waals surface area contributed by atoms with Crippen LogP contribution in [-0.4, -0.2) is 39.3 Å². The van der Waals surface area contributed by atoms with E-state index in [-0.39, 0.29) is 17.0 Å². The maximum absolute atomic E-state index is 13.3. The Morgan fingerprint density at radius 3 is 2.54 bits per heavy atom. The van der Waals surface area contributed by atoms with Crippen molar-refractivity contribution in [1.29, 1.82) is 5.26 Å².